The predicted molar refractivity (Wildman–Crippen MR) is 107 cm³/mol. The Labute approximate surface area is 161 Å². The average molecular weight is 392 g/mol. The largest absolute Gasteiger partial charge is 0.507 e. The van der Waals surface area contributed by atoms with Crippen LogP contribution in [0, 0.1) is 0 Å². The number of carbonyl (C=O) groups is 1. The number of ketones is 1. The number of H-pyrrole nitrogens is 1. The molecule has 2 N–H and O–H groups in total. The maximum atomic E-state index is 13.0. The fraction of sp³-hybridized carbons (Fsp3) is 0.476. The van der Waals surface area contributed by atoms with E-state index in [9.17, 15) is 18.3 Å². The van der Waals surface area contributed by atoms with Crippen molar-refractivity contribution in [3.63, 3.8) is 0 Å². The Morgan fingerprint density at radius 2 is 1.44 bits per heavy atom. The Morgan fingerprint density at radius 3 is 1.85 bits per heavy atom. The molecule has 0 bridgehead atoms. The minimum Gasteiger partial charge on any atom is -0.507 e. The Bertz CT molecular complexity index is 935. The summed E-state index contributed by atoms with van der Waals surface area (Å²) in [6.07, 6.45) is 1.42. The van der Waals surface area contributed by atoms with Crippen molar-refractivity contribution in [1.82, 2.24) is 4.98 Å². The Morgan fingerprint density at radius 1 is 0.963 bits per heavy atom. The van der Waals surface area contributed by atoms with Crippen LogP contribution in [0.4, 0.5) is 0 Å². The third kappa shape index (κ3) is 4.26. The van der Waals surface area contributed by atoms with Gasteiger partial charge in [0.25, 0.3) is 0 Å². The van der Waals surface area contributed by atoms with Crippen LogP contribution in [0.25, 0.3) is 0 Å². The van der Waals surface area contributed by atoms with Gasteiger partial charge in [-0.15, -0.1) is 0 Å². The van der Waals surface area contributed by atoms with Gasteiger partial charge in [0.05, 0.1) is 5.75 Å². The lowest BCUT2D eigenvalue weighted by atomic mass is 9.78. The molecule has 0 saturated heterocycles. The number of benzene rings is 1. The molecular weight excluding hydrogens is 362 g/mol. The van der Waals surface area contributed by atoms with Gasteiger partial charge in [-0.05, 0) is 29.0 Å². The highest BCUT2D eigenvalue weighted by atomic mass is 32.2. The van der Waals surface area contributed by atoms with Gasteiger partial charge in [-0.2, -0.15) is 0 Å². The lowest BCUT2D eigenvalue weighted by molar-refractivity contribution is 0.103. The quantitative estimate of drug-likeness (QED) is 0.759. The number of phenols is 1. The van der Waals surface area contributed by atoms with E-state index in [1.807, 2.05) is 41.5 Å². The van der Waals surface area contributed by atoms with Crippen molar-refractivity contribution in [2.75, 3.05) is 5.75 Å². The summed E-state index contributed by atoms with van der Waals surface area (Å²) in [5, 5.41) is 10.8. The van der Waals surface area contributed by atoms with E-state index in [1.165, 1.54) is 12.3 Å². The van der Waals surface area contributed by atoms with Crippen LogP contribution in [-0.2, 0) is 20.7 Å². The second kappa shape index (κ2) is 6.82. The highest BCUT2D eigenvalue weighted by Gasteiger charge is 2.28. The molecule has 0 radical (unpaired) electrons. The van der Waals surface area contributed by atoms with Crippen molar-refractivity contribution in [1.29, 1.82) is 0 Å². The third-order valence-electron chi connectivity index (χ3n) is 4.62. The molecule has 5 nitrogen and oxygen atoms in total. The van der Waals surface area contributed by atoms with Gasteiger partial charge in [0, 0.05) is 28.5 Å². The summed E-state index contributed by atoms with van der Waals surface area (Å²) in [4.78, 5) is 15.7. The van der Waals surface area contributed by atoms with Crippen molar-refractivity contribution in [3.05, 3.63) is 46.6 Å². The van der Waals surface area contributed by atoms with Gasteiger partial charge in [-0.1, -0.05) is 48.5 Å². The van der Waals surface area contributed by atoms with Crippen LogP contribution in [0.1, 0.15) is 75.5 Å². The fourth-order valence-electron chi connectivity index (χ4n) is 2.92. The second-order valence-corrected chi connectivity index (χ2v) is 11.2. The van der Waals surface area contributed by atoms with Gasteiger partial charge < -0.3 is 10.1 Å². The van der Waals surface area contributed by atoms with Crippen LogP contribution >= 0.6 is 0 Å². The van der Waals surface area contributed by atoms with Gasteiger partial charge in [0.2, 0.25) is 0 Å². The van der Waals surface area contributed by atoms with E-state index >= 15 is 0 Å². The van der Waals surface area contributed by atoms with E-state index in [4.69, 9.17) is 0 Å². The molecule has 0 amide bonds. The zero-order valence-corrected chi connectivity index (χ0v) is 17.9. The van der Waals surface area contributed by atoms with Crippen LogP contribution in [0.2, 0.25) is 0 Å². The van der Waals surface area contributed by atoms with Crippen molar-refractivity contribution in [2.24, 2.45) is 0 Å². The van der Waals surface area contributed by atoms with Crippen molar-refractivity contribution >= 4 is 15.6 Å². The Kier molecular flexibility index (Phi) is 5.36. The summed E-state index contributed by atoms with van der Waals surface area (Å²) in [6, 6.07) is 4.78. The number of phenolic OH excluding ortho intramolecular Hbond substituents is 1. The zero-order valence-electron chi connectivity index (χ0n) is 17.1. The molecule has 0 aliphatic rings. The summed E-state index contributed by atoms with van der Waals surface area (Å²) >= 11 is 0. The van der Waals surface area contributed by atoms with Crippen molar-refractivity contribution in [3.8, 4) is 5.75 Å². The Balaban J connectivity index is 2.63. The number of rotatable bonds is 4. The normalized spacial score (nSPS) is 13.0. The molecule has 6 heteroatoms. The molecule has 1 aromatic carbocycles. The number of nitrogens with one attached hydrogen (secondary N) is 1. The number of sulfone groups is 1. The van der Waals surface area contributed by atoms with E-state index in [0.29, 0.717) is 16.7 Å². The number of aromatic amines is 1. The minimum atomic E-state index is -3.41. The van der Waals surface area contributed by atoms with Crippen LogP contribution in [0.3, 0.4) is 0 Å². The molecule has 2 rings (SSSR count). The van der Waals surface area contributed by atoms with E-state index < -0.39 is 9.84 Å². The lowest BCUT2D eigenvalue weighted by Gasteiger charge is -2.28. The van der Waals surface area contributed by atoms with Crippen LogP contribution in [0.15, 0.2) is 29.4 Å². The summed E-state index contributed by atoms with van der Waals surface area (Å²) in [5.74, 6) is -0.113. The van der Waals surface area contributed by atoms with Gasteiger partial charge >= 0.3 is 0 Å². The smallest absolute Gasteiger partial charge is 0.194 e. The summed E-state index contributed by atoms with van der Waals surface area (Å²) in [5.41, 5.74) is 1.39. The fourth-order valence-corrected chi connectivity index (χ4v) is 3.77. The predicted octanol–water partition coefficient (Wildman–Crippen LogP) is 4.34. The molecule has 0 saturated carbocycles. The summed E-state index contributed by atoms with van der Waals surface area (Å²) in [7, 11) is -3.41. The molecule has 148 valence electrons. The average Bonchev–Trinajstić information content (AvgIpc) is 3.03. The molecule has 0 aliphatic carbocycles. The number of carbonyl (C=O) groups excluding carboxylic acids is 1. The first-order valence-electron chi connectivity index (χ1n) is 9.02. The molecule has 27 heavy (non-hydrogen) atoms. The maximum absolute atomic E-state index is 13.0. The van der Waals surface area contributed by atoms with Gasteiger partial charge in [0.15, 0.2) is 15.6 Å². The molecule has 0 unspecified atom stereocenters. The molecule has 0 aliphatic heterocycles. The maximum Gasteiger partial charge on any atom is 0.194 e. The van der Waals surface area contributed by atoms with Crippen molar-refractivity contribution < 1.29 is 18.3 Å². The highest BCUT2D eigenvalue weighted by molar-refractivity contribution is 7.91. The lowest BCUT2D eigenvalue weighted by Crippen LogP contribution is -2.19. The first kappa shape index (κ1) is 21.2. The van der Waals surface area contributed by atoms with E-state index in [0.717, 1.165) is 0 Å². The first-order chi connectivity index (χ1) is 12.2. The molecule has 1 aromatic heterocycles. The SMILES string of the molecule is CCS(=O)(=O)c1cc(C(=O)c2cc(C(C)(C)C)c(O)c(C(C)(C)C)c2)c[nH]1. The summed E-state index contributed by atoms with van der Waals surface area (Å²) in [6.45, 7) is 13.4. The van der Waals surface area contributed by atoms with Crippen molar-refractivity contribution in [2.45, 2.75) is 64.3 Å². The van der Waals surface area contributed by atoms with Crippen LogP contribution < -0.4 is 0 Å². The Hall–Kier alpha value is -2.08. The first-order valence-corrected chi connectivity index (χ1v) is 10.7. The molecule has 1 heterocycles. The monoisotopic (exact) mass is 391 g/mol. The van der Waals surface area contributed by atoms with Gasteiger partial charge in [0.1, 0.15) is 10.8 Å². The topological polar surface area (TPSA) is 87.2 Å². The van der Waals surface area contributed by atoms with E-state index in [-0.39, 0.29) is 38.7 Å². The number of hydrogen-bond acceptors (Lipinski definition) is 4. The standard InChI is InChI=1S/C21H29NO4S/c1-8-27(25,26)17-11-14(12-22-17)18(23)13-9-15(20(2,3)4)19(24)16(10-13)21(5,6)7/h9-12,22,24H,8H2,1-7H3. The minimum absolute atomic E-state index is 0.0390. The molecular formula is C21H29NO4S. The third-order valence-corrected chi connectivity index (χ3v) is 6.29. The molecule has 2 aromatic rings. The number of aromatic nitrogens is 1. The van der Waals surface area contributed by atoms with Crippen LogP contribution in [-0.4, -0.2) is 30.0 Å². The summed E-state index contributed by atoms with van der Waals surface area (Å²) < 4.78 is 24.0. The van der Waals surface area contributed by atoms with Crippen LogP contribution in [0.5, 0.6) is 5.75 Å². The highest BCUT2D eigenvalue weighted by Crippen LogP contribution is 2.40. The molecule has 0 spiro atoms. The van der Waals surface area contributed by atoms with E-state index in [1.54, 1.807) is 19.1 Å². The van der Waals surface area contributed by atoms with E-state index in [2.05, 4.69) is 4.98 Å². The molecule has 0 atom stereocenters. The molecule has 0 fully saturated rings. The number of hydrogen-bond donors (Lipinski definition) is 2. The number of aromatic hydroxyl groups is 1. The zero-order chi connectivity index (χ0) is 20.8. The van der Waals surface area contributed by atoms with Gasteiger partial charge in [-0.25, -0.2) is 8.42 Å². The second-order valence-electron chi connectivity index (χ2n) is 8.91. The van der Waals surface area contributed by atoms with Gasteiger partial charge in [-0.3, -0.25) is 4.79 Å².